The van der Waals surface area contributed by atoms with Crippen molar-refractivity contribution in [1.82, 2.24) is 10.2 Å². The van der Waals surface area contributed by atoms with Gasteiger partial charge in [-0.25, -0.2) is 0 Å². The van der Waals surface area contributed by atoms with E-state index in [1.807, 2.05) is 0 Å². The molecule has 0 bridgehead atoms. The first-order valence-electron chi connectivity index (χ1n) is 5.55. The molecule has 0 radical (unpaired) electrons. The highest BCUT2D eigenvalue weighted by Crippen LogP contribution is 2.22. The fourth-order valence-corrected chi connectivity index (χ4v) is 2.11. The van der Waals surface area contributed by atoms with Crippen LogP contribution in [-0.2, 0) is 6.42 Å². The molecule has 0 amide bonds. The maximum Gasteiger partial charge on any atom is 0.150 e. The molecule has 0 aliphatic rings. The summed E-state index contributed by atoms with van der Waals surface area (Å²) in [5.41, 5.74) is 3.32. The Morgan fingerprint density at radius 2 is 2.00 bits per heavy atom. The fraction of sp³-hybridized carbons (Fsp3) is 0.231. The zero-order valence-corrected chi connectivity index (χ0v) is 11.1. The van der Waals surface area contributed by atoms with Gasteiger partial charge in [0, 0.05) is 5.56 Å². The van der Waals surface area contributed by atoms with Crippen molar-refractivity contribution in [2.75, 3.05) is 0 Å². The van der Waals surface area contributed by atoms with E-state index in [1.165, 1.54) is 5.56 Å². The normalized spacial score (nSPS) is 10.5. The summed E-state index contributed by atoms with van der Waals surface area (Å²) in [6.07, 6.45) is 2.25. The molecule has 1 heterocycles. The molecule has 0 spiro atoms. The monoisotopic (exact) mass is 264 g/mol. The summed E-state index contributed by atoms with van der Waals surface area (Å²) in [5.74, 6) is 0. The van der Waals surface area contributed by atoms with E-state index in [9.17, 15) is 0 Å². The summed E-state index contributed by atoms with van der Waals surface area (Å²) in [6.45, 7) is 2.17. The van der Waals surface area contributed by atoms with Crippen LogP contribution in [0.1, 0.15) is 18.9 Å². The van der Waals surface area contributed by atoms with Gasteiger partial charge >= 0.3 is 0 Å². The van der Waals surface area contributed by atoms with Crippen LogP contribution in [0.25, 0.3) is 11.1 Å². The number of hydrogen-bond donors (Lipinski definition) is 1. The van der Waals surface area contributed by atoms with Crippen molar-refractivity contribution in [2.45, 2.75) is 19.8 Å². The summed E-state index contributed by atoms with van der Waals surface area (Å²) in [6, 6.07) is 10.2. The van der Waals surface area contributed by atoms with E-state index < -0.39 is 0 Å². The molecular formula is C13H13ClN2S. The summed E-state index contributed by atoms with van der Waals surface area (Å²) in [5, 5.41) is 7.01. The highest BCUT2D eigenvalue weighted by atomic mass is 35.5. The molecule has 0 atom stereocenters. The van der Waals surface area contributed by atoms with E-state index in [2.05, 4.69) is 41.4 Å². The topological polar surface area (TPSA) is 28.7 Å². The second-order valence-electron chi connectivity index (χ2n) is 3.88. The molecule has 1 N–H and O–H groups in total. The number of hydrogen-bond acceptors (Lipinski definition) is 2. The predicted molar refractivity (Wildman–Crippen MR) is 73.9 cm³/mol. The molecule has 2 rings (SSSR count). The number of rotatable bonds is 3. The molecule has 1 aromatic carbocycles. The van der Waals surface area contributed by atoms with Crippen LogP contribution >= 0.6 is 23.8 Å². The average Bonchev–Trinajstić information content (AvgIpc) is 2.34. The van der Waals surface area contributed by atoms with Crippen LogP contribution in [0.5, 0.6) is 0 Å². The van der Waals surface area contributed by atoms with E-state index in [0.717, 1.165) is 24.0 Å². The van der Waals surface area contributed by atoms with Crippen molar-refractivity contribution < 1.29 is 0 Å². The van der Waals surface area contributed by atoms with Gasteiger partial charge in [0.15, 0.2) is 0 Å². The molecule has 0 fully saturated rings. The number of nitrogens with one attached hydrogen (secondary N) is 1. The minimum absolute atomic E-state index is 0.422. The zero-order chi connectivity index (χ0) is 12.3. The highest BCUT2D eigenvalue weighted by molar-refractivity contribution is 7.71. The zero-order valence-electron chi connectivity index (χ0n) is 9.53. The average molecular weight is 265 g/mol. The van der Waals surface area contributed by atoms with Gasteiger partial charge in [-0.3, -0.25) is 5.10 Å². The highest BCUT2D eigenvalue weighted by Gasteiger charge is 2.02. The van der Waals surface area contributed by atoms with Gasteiger partial charge in [-0.2, -0.15) is 5.10 Å². The lowest BCUT2D eigenvalue weighted by atomic mass is 10.0. The summed E-state index contributed by atoms with van der Waals surface area (Å²) in [7, 11) is 0. The lowest BCUT2D eigenvalue weighted by Gasteiger charge is -2.04. The molecule has 0 aliphatic heterocycles. The summed E-state index contributed by atoms with van der Waals surface area (Å²) in [4.78, 5) is 0. The van der Waals surface area contributed by atoms with Crippen molar-refractivity contribution in [3.8, 4) is 11.1 Å². The predicted octanol–water partition coefficient (Wildman–Crippen LogP) is 4.41. The molecule has 17 heavy (non-hydrogen) atoms. The van der Waals surface area contributed by atoms with E-state index in [1.54, 1.807) is 6.07 Å². The molecule has 0 aliphatic carbocycles. The van der Waals surface area contributed by atoms with Crippen LogP contribution in [0.4, 0.5) is 0 Å². The molecule has 2 aromatic rings. The van der Waals surface area contributed by atoms with Gasteiger partial charge in [-0.1, -0.05) is 61.4 Å². The van der Waals surface area contributed by atoms with E-state index in [-0.39, 0.29) is 0 Å². The molecule has 0 saturated heterocycles. The van der Waals surface area contributed by atoms with Gasteiger partial charge in [0.25, 0.3) is 0 Å². The number of aromatic amines is 1. The van der Waals surface area contributed by atoms with Crippen molar-refractivity contribution in [3.63, 3.8) is 0 Å². The summed E-state index contributed by atoms with van der Waals surface area (Å²) < 4.78 is 0.609. The van der Waals surface area contributed by atoms with Crippen LogP contribution in [0.2, 0.25) is 5.15 Å². The van der Waals surface area contributed by atoms with Gasteiger partial charge in [-0.15, -0.1) is 0 Å². The smallest absolute Gasteiger partial charge is 0.150 e. The third-order valence-corrected chi connectivity index (χ3v) is 3.08. The van der Waals surface area contributed by atoms with Crippen LogP contribution < -0.4 is 0 Å². The Balaban J connectivity index is 2.39. The van der Waals surface area contributed by atoms with E-state index in [4.69, 9.17) is 23.8 Å². The second-order valence-corrected chi connectivity index (χ2v) is 4.68. The maximum absolute atomic E-state index is 5.86. The lowest BCUT2D eigenvalue weighted by Crippen LogP contribution is -1.88. The Labute approximate surface area is 111 Å². The molecule has 2 nitrogen and oxygen atoms in total. The molecule has 1 aromatic heterocycles. The Hall–Kier alpha value is -1.19. The molecule has 0 unspecified atom stereocenters. The van der Waals surface area contributed by atoms with Gasteiger partial charge in [0.05, 0.1) is 0 Å². The van der Waals surface area contributed by atoms with Crippen LogP contribution in [0, 0.1) is 4.64 Å². The molecule has 4 heteroatoms. The quantitative estimate of drug-likeness (QED) is 0.832. The van der Waals surface area contributed by atoms with Gasteiger partial charge in [0.2, 0.25) is 0 Å². The van der Waals surface area contributed by atoms with Crippen LogP contribution in [-0.4, -0.2) is 10.2 Å². The fourth-order valence-electron chi connectivity index (χ4n) is 1.74. The van der Waals surface area contributed by atoms with Crippen molar-refractivity contribution in [2.24, 2.45) is 0 Å². The standard InChI is InChI=1S/C13H13ClN2S/c1-2-3-9-4-6-10(7-5-9)11-8-12(14)15-16-13(11)17/h4-8H,2-3H2,1H3,(H,16,17). The van der Waals surface area contributed by atoms with Crippen molar-refractivity contribution in [1.29, 1.82) is 0 Å². The largest absolute Gasteiger partial charge is 0.266 e. The van der Waals surface area contributed by atoms with Crippen molar-refractivity contribution in [3.05, 3.63) is 45.7 Å². The third kappa shape index (κ3) is 2.93. The first-order chi connectivity index (χ1) is 8.20. The second kappa shape index (κ2) is 5.43. The number of aromatic nitrogens is 2. The Bertz CT molecular complexity index is 560. The number of H-pyrrole nitrogens is 1. The first-order valence-corrected chi connectivity index (χ1v) is 6.34. The minimum atomic E-state index is 0.422. The van der Waals surface area contributed by atoms with Gasteiger partial charge < -0.3 is 0 Å². The number of halogens is 1. The van der Waals surface area contributed by atoms with Crippen LogP contribution in [0.15, 0.2) is 30.3 Å². The summed E-state index contributed by atoms with van der Waals surface area (Å²) >= 11 is 11.1. The molecule has 88 valence electrons. The maximum atomic E-state index is 5.86. The molecule has 0 saturated carbocycles. The minimum Gasteiger partial charge on any atom is -0.266 e. The lowest BCUT2D eigenvalue weighted by molar-refractivity contribution is 0.922. The van der Waals surface area contributed by atoms with Gasteiger partial charge in [-0.05, 0) is 23.6 Å². The number of aryl methyl sites for hydroxylation is 1. The van der Waals surface area contributed by atoms with E-state index in [0.29, 0.717) is 9.79 Å². The number of nitrogens with zero attached hydrogens (tertiary/aromatic N) is 1. The van der Waals surface area contributed by atoms with Gasteiger partial charge in [0.1, 0.15) is 9.79 Å². The first kappa shape index (κ1) is 12.3. The molecular weight excluding hydrogens is 252 g/mol. The Morgan fingerprint density at radius 1 is 1.29 bits per heavy atom. The van der Waals surface area contributed by atoms with Crippen LogP contribution in [0.3, 0.4) is 0 Å². The van der Waals surface area contributed by atoms with Crippen molar-refractivity contribution >= 4 is 23.8 Å². The SMILES string of the molecule is CCCc1ccc(-c2cc(Cl)n[nH]c2=S)cc1. The van der Waals surface area contributed by atoms with E-state index >= 15 is 0 Å². The third-order valence-electron chi connectivity index (χ3n) is 2.58. The Morgan fingerprint density at radius 3 is 2.65 bits per heavy atom. The number of benzene rings is 1. The Kier molecular flexibility index (Phi) is 3.92.